The van der Waals surface area contributed by atoms with E-state index >= 15 is 0 Å². The number of carbonyl (C=O) groups excluding carboxylic acids is 1. The highest BCUT2D eigenvalue weighted by molar-refractivity contribution is 7.08. The average molecular weight is 312 g/mol. The van der Waals surface area contributed by atoms with E-state index in [-0.39, 0.29) is 5.91 Å². The second-order valence-corrected chi connectivity index (χ2v) is 5.88. The van der Waals surface area contributed by atoms with Gasteiger partial charge in [-0.05, 0) is 36.9 Å². The van der Waals surface area contributed by atoms with Crippen molar-refractivity contribution in [3.63, 3.8) is 0 Å². The number of amides is 1. The SMILES string of the molecule is Cc1cscc1C(=O)Nc1cccc(-c2nnc(C)n2C)c1. The molecule has 112 valence electrons. The molecule has 0 aliphatic heterocycles. The van der Waals surface area contributed by atoms with Gasteiger partial charge < -0.3 is 9.88 Å². The number of thiophene rings is 1. The highest BCUT2D eigenvalue weighted by atomic mass is 32.1. The smallest absolute Gasteiger partial charge is 0.256 e. The first-order valence-corrected chi connectivity index (χ1v) is 7.81. The third-order valence-corrected chi connectivity index (χ3v) is 4.43. The van der Waals surface area contributed by atoms with Gasteiger partial charge in [-0.2, -0.15) is 11.3 Å². The van der Waals surface area contributed by atoms with Gasteiger partial charge in [0.1, 0.15) is 5.82 Å². The Morgan fingerprint density at radius 3 is 2.68 bits per heavy atom. The molecule has 1 N–H and O–H groups in total. The fraction of sp³-hybridized carbons (Fsp3) is 0.188. The highest BCUT2D eigenvalue weighted by Gasteiger charge is 2.12. The van der Waals surface area contributed by atoms with Crippen LogP contribution >= 0.6 is 11.3 Å². The summed E-state index contributed by atoms with van der Waals surface area (Å²) in [6.45, 7) is 3.84. The van der Waals surface area contributed by atoms with Gasteiger partial charge in [0.25, 0.3) is 5.91 Å². The summed E-state index contributed by atoms with van der Waals surface area (Å²) in [6, 6.07) is 7.62. The van der Waals surface area contributed by atoms with Crippen molar-refractivity contribution >= 4 is 22.9 Å². The molecule has 3 aromatic rings. The van der Waals surface area contributed by atoms with Crippen LogP contribution in [-0.4, -0.2) is 20.7 Å². The van der Waals surface area contributed by atoms with Crippen LogP contribution in [-0.2, 0) is 7.05 Å². The molecule has 0 unspecified atom stereocenters. The summed E-state index contributed by atoms with van der Waals surface area (Å²) in [4.78, 5) is 12.3. The summed E-state index contributed by atoms with van der Waals surface area (Å²) in [7, 11) is 1.92. The Morgan fingerprint density at radius 2 is 2.05 bits per heavy atom. The molecular formula is C16H16N4OS. The molecule has 0 bridgehead atoms. The molecule has 22 heavy (non-hydrogen) atoms. The van der Waals surface area contributed by atoms with Crippen molar-refractivity contribution < 1.29 is 4.79 Å². The zero-order valence-corrected chi connectivity index (χ0v) is 13.4. The quantitative estimate of drug-likeness (QED) is 0.806. The van der Waals surface area contributed by atoms with Crippen molar-refractivity contribution in [3.05, 3.63) is 52.0 Å². The predicted octanol–water partition coefficient (Wildman–Crippen LogP) is 3.41. The maximum absolute atomic E-state index is 12.3. The highest BCUT2D eigenvalue weighted by Crippen LogP contribution is 2.22. The number of hydrogen-bond acceptors (Lipinski definition) is 4. The second-order valence-electron chi connectivity index (χ2n) is 5.13. The topological polar surface area (TPSA) is 59.8 Å². The number of benzene rings is 1. The first-order valence-electron chi connectivity index (χ1n) is 6.87. The van der Waals surface area contributed by atoms with E-state index in [1.807, 2.05) is 60.5 Å². The lowest BCUT2D eigenvalue weighted by molar-refractivity contribution is 0.102. The van der Waals surface area contributed by atoms with E-state index in [0.717, 1.165) is 28.5 Å². The molecule has 0 atom stereocenters. The van der Waals surface area contributed by atoms with Crippen LogP contribution < -0.4 is 5.32 Å². The maximum Gasteiger partial charge on any atom is 0.256 e. The van der Waals surface area contributed by atoms with E-state index in [1.54, 1.807) is 0 Å². The molecule has 3 rings (SSSR count). The van der Waals surface area contributed by atoms with E-state index in [0.29, 0.717) is 5.56 Å². The molecule has 0 radical (unpaired) electrons. The Morgan fingerprint density at radius 1 is 1.23 bits per heavy atom. The first kappa shape index (κ1) is 14.5. The molecule has 5 nitrogen and oxygen atoms in total. The average Bonchev–Trinajstić information content (AvgIpc) is 3.06. The minimum Gasteiger partial charge on any atom is -0.322 e. The lowest BCUT2D eigenvalue weighted by Crippen LogP contribution is -2.12. The Balaban J connectivity index is 1.87. The first-order chi connectivity index (χ1) is 10.6. The number of carbonyl (C=O) groups is 1. The van der Waals surface area contributed by atoms with Crippen molar-refractivity contribution in [2.45, 2.75) is 13.8 Å². The Kier molecular flexibility index (Phi) is 3.77. The molecule has 0 saturated heterocycles. The molecule has 6 heteroatoms. The van der Waals surface area contributed by atoms with Crippen LogP contribution in [0.25, 0.3) is 11.4 Å². The summed E-state index contributed by atoms with van der Waals surface area (Å²) < 4.78 is 1.92. The van der Waals surface area contributed by atoms with Gasteiger partial charge in [-0.15, -0.1) is 10.2 Å². The number of nitrogens with zero attached hydrogens (tertiary/aromatic N) is 3. The zero-order chi connectivity index (χ0) is 15.7. The fourth-order valence-corrected chi connectivity index (χ4v) is 3.01. The van der Waals surface area contributed by atoms with Crippen LogP contribution in [0, 0.1) is 13.8 Å². The predicted molar refractivity (Wildman–Crippen MR) is 88.2 cm³/mol. The van der Waals surface area contributed by atoms with Gasteiger partial charge in [0.2, 0.25) is 0 Å². The van der Waals surface area contributed by atoms with Gasteiger partial charge >= 0.3 is 0 Å². The minimum absolute atomic E-state index is 0.0926. The summed E-state index contributed by atoms with van der Waals surface area (Å²) in [5.74, 6) is 1.53. The monoisotopic (exact) mass is 312 g/mol. The van der Waals surface area contributed by atoms with Gasteiger partial charge in [0, 0.05) is 23.7 Å². The van der Waals surface area contributed by atoms with Crippen molar-refractivity contribution in [2.24, 2.45) is 7.05 Å². The van der Waals surface area contributed by atoms with Gasteiger partial charge in [-0.3, -0.25) is 4.79 Å². The summed E-state index contributed by atoms with van der Waals surface area (Å²) in [6.07, 6.45) is 0. The van der Waals surface area contributed by atoms with Gasteiger partial charge in [0.15, 0.2) is 5.82 Å². The Labute approximate surface area is 132 Å². The maximum atomic E-state index is 12.3. The third-order valence-electron chi connectivity index (χ3n) is 3.57. The number of aromatic nitrogens is 3. The fourth-order valence-electron chi connectivity index (χ4n) is 2.19. The van der Waals surface area contributed by atoms with Gasteiger partial charge in [-0.1, -0.05) is 12.1 Å². The molecule has 0 aliphatic rings. The van der Waals surface area contributed by atoms with Crippen LogP contribution in [0.5, 0.6) is 0 Å². The normalized spacial score (nSPS) is 10.7. The minimum atomic E-state index is -0.0926. The van der Waals surface area contributed by atoms with E-state index in [9.17, 15) is 4.79 Å². The molecule has 0 fully saturated rings. The van der Waals surface area contributed by atoms with E-state index in [4.69, 9.17) is 0 Å². The van der Waals surface area contributed by atoms with Crippen molar-refractivity contribution in [1.29, 1.82) is 0 Å². The molecule has 0 aliphatic carbocycles. The van der Waals surface area contributed by atoms with E-state index in [1.165, 1.54) is 11.3 Å². The van der Waals surface area contributed by atoms with Gasteiger partial charge in [0.05, 0.1) is 5.56 Å². The molecule has 0 saturated carbocycles. The van der Waals surface area contributed by atoms with Gasteiger partial charge in [-0.25, -0.2) is 0 Å². The molecular weight excluding hydrogens is 296 g/mol. The van der Waals surface area contributed by atoms with Crippen molar-refractivity contribution in [3.8, 4) is 11.4 Å². The molecule has 2 aromatic heterocycles. The third kappa shape index (κ3) is 2.65. The summed E-state index contributed by atoms with van der Waals surface area (Å²) in [5.41, 5.74) is 3.36. The number of rotatable bonds is 3. The number of nitrogens with one attached hydrogen (secondary N) is 1. The zero-order valence-electron chi connectivity index (χ0n) is 12.6. The van der Waals surface area contributed by atoms with Crippen LogP contribution in [0.4, 0.5) is 5.69 Å². The molecule has 1 amide bonds. The van der Waals surface area contributed by atoms with E-state index < -0.39 is 0 Å². The Hall–Kier alpha value is -2.47. The van der Waals surface area contributed by atoms with E-state index in [2.05, 4.69) is 15.5 Å². The van der Waals surface area contributed by atoms with Crippen LogP contribution in [0.1, 0.15) is 21.7 Å². The Bertz CT molecular complexity index is 834. The van der Waals surface area contributed by atoms with Crippen molar-refractivity contribution in [2.75, 3.05) is 5.32 Å². The van der Waals surface area contributed by atoms with Crippen LogP contribution in [0.2, 0.25) is 0 Å². The second kappa shape index (κ2) is 5.73. The van der Waals surface area contributed by atoms with Crippen molar-refractivity contribution in [1.82, 2.24) is 14.8 Å². The lowest BCUT2D eigenvalue weighted by atomic mass is 10.1. The largest absolute Gasteiger partial charge is 0.322 e. The molecule has 0 spiro atoms. The number of hydrogen-bond donors (Lipinski definition) is 1. The summed E-state index contributed by atoms with van der Waals surface area (Å²) in [5, 5.41) is 15.0. The van der Waals surface area contributed by atoms with Crippen LogP contribution in [0.3, 0.4) is 0 Å². The van der Waals surface area contributed by atoms with Crippen LogP contribution in [0.15, 0.2) is 35.0 Å². The summed E-state index contributed by atoms with van der Waals surface area (Å²) >= 11 is 1.53. The lowest BCUT2D eigenvalue weighted by Gasteiger charge is -2.07. The number of aryl methyl sites for hydroxylation is 2. The number of anilines is 1. The standard InChI is InChI=1S/C16H16N4OS/c1-10-8-22-9-14(10)16(21)17-13-6-4-5-12(7-13)15-19-18-11(2)20(15)3/h4-9H,1-3H3,(H,17,21). The molecule has 1 aromatic carbocycles. The molecule has 2 heterocycles.